The lowest BCUT2D eigenvalue weighted by molar-refractivity contribution is -0.387. The molecule has 182 valence electrons. The summed E-state index contributed by atoms with van der Waals surface area (Å²) in [6, 6.07) is 23.1. The van der Waals surface area contributed by atoms with E-state index < -0.39 is 25.5 Å². The van der Waals surface area contributed by atoms with Gasteiger partial charge < -0.3 is 4.74 Å². The number of sulfonamides is 1. The van der Waals surface area contributed by atoms with Crippen molar-refractivity contribution >= 4 is 34.3 Å². The molecule has 1 heterocycles. The second-order valence-corrected chi connectivity index (χ2v) is 9.55. The van der Waals surface area contributed by atoms with Crippen LogP contribution in [-0.4, -0.2) is 29.1 Å². The average molecular weight is 522 g/mol. The van der Waals surface area contributed by atoms with Gasteiger partial charge in [-0.3, -0.25) is 14.8 Å². The largest absolute Gasteiger partial charge is 0.479 e. The Morgan fingerprint density at radius 1 is 1.06 bits per heavy atom. The summed E-state index contributed by atoms with van der Waals surface area (Å²) in [5.41, 5.74) is 2.07. The molecule has 0 bridgehead atoms. The van der Waals surface area contributed by atoms with Crippen molar-refractivity contribution in [2.75, 3.05) is 11.3 Å². The van der Waals surface area contributed by atoms with Gasteiger partial charge >= 0.3 is 0 Å². The van der Waals surface area contributed by atoms with Crippen molar-refractivity contribution in [3.05, 3.63) is 100 Å². The Hall–Kier alpha value is -4.34. The molecule has 1 aromatic heterocycles. The number of anilines is 1. The van der Waals surface area contributed by atoms with Crippen LogP contribution in [-0.2, 0) is 16.4 Å². The number of nitro groups is 1. The third-order valence-corrected chi connectivity index (χ3v) is 6.92. The summed E-state index contributed by atoms with van der Waals surface area (Å²) in [6.45, 7) is -0.0655. The fourth-order valence-electron chi connectivity index (χ4n) is 3.61. The summed E-state index contributed by atoms with van der Waals surface area (Å²) in [6.07, 6.45) is 0.340. The molecule has 0 atom stereocenters. The van der Waals surface area contributed by atoms with E-state index in [1.807, 2.05) is 24.3 Å². The van der Waals surface area contributed by atoms with Crippen LogP contribution in [0.3, 0.4) is 0 Å². The SMILES string of the molecule is N#CCOc1ccc(Cc2c(-c3ccccc3)c(NS(=O)(=O)c3ccccc3[N+](=O)[O-])nn2S)cc1. The van der Waals surface area contributed by atoms with Gasteiger partial charge in [0.15, 0.2) is 17.3 Å². The number of hydrogen-bond acceptors (Lipinski definition) is 8. The van der Waals surface area contributed by atoms with Crippen LogP contribution in [0.5, 0.6) is 5.75 Å². The maximum atomic E-state index is 13.2. The Morgan fingerprint density at radius 3 is 2.39 bits per heavy atom. The predicted molar refractivity (Wildman–Crippen MR) is 136 cm³/mol. The molecular formula is C24H19N5O5S2. The van der Waals surface area contributed by atoms with Gasteiger partial charge in [-0.15, -0.1) is 5.10 Å². The molecule has 4 rings (SSSR count). The molecule has 0 aliphatic heterocycles. The minimum absolute atomic E-state index is 0.0154. The fraction of sp³-hybridized carbons (Fsp3) is 0.0833. The normalized spacial score (nSPS) is 11.0. The Kier molecular flexibility index (Phi) is 7.23. The number of para-hydroxylation sites is 1. The van der Waals surface area contributed by atoms with Crippen molar-refractivity contribution in [3.63, 3.8) is 0 Å². The quantitative estimate of drug-likeness (QED) is 0.188. The molecule has 0 fully saturated rings. The molecule has 0 unspecified atom stereocenters. The van der Waals surface area contributed by atoms with Crippen molar-refractivity contribution in [3.8, 4) is 22.9 Å². The van der Waals surface area contributed by atoms with Crippen molar-refractivity contribution in [1.82, 2.24) is 9.19 Å². The van der Waals surface area contributed by atoms with Crippen molar-refractivity contribution in [2.24, 2.45) is 0 Å². The van der Waals surface area contributed by atoms with Crippen molar-refractivity contribution in [2.45, 2.75) is 11.3 Å². The zero-order valence-corrected chi connectivity index (χ0v) is 20.3. The molecule has 0 aliphatic rings. The first-order valence-corrected chi connectivity index (χ1v) is 12.4. The van der Waals surface area contributed by atoms with Crippen LogP contribution in [0.1, 0.15) is 11.3 Å². The van der Waals surface area contributed by atoms with Crippen molar-refractivity contribution < 1.29 is 18.1 Å². The molecule has 12 heteroatoms. The molecule has 10 nitrogen and oxygen atoms in total. The third kappa shape index (κ3) is 5.32. The molecule has 0 spiro atoms. The van der Waals surface area contributed by atoms with Gasteiger partial charge in [0.25, 0.3) is 15.7 Å². The number of benzene rings is 3. The molecule has 0 saturated carbocycles. The molecule has 1 N–H and O–H groups in total. The van der Waals surface area contributed by atoms with Crippen LogP contribution in [0.15, 0.2) is 83.8 Å². The van der Waals surface area contributed by atoms with Gasteiger partial charge in [0.1, 0.15) is 11.8 Å². The van der Waals surface area contributed by atoms with Gasteiger partial charge in [0.05, 0.1) is 10.6 Å². The minimum Gasteiger partial charge on any atom is -0.479 e. The van der Waals surface area contributed by atoms with Gasteiger partial charge in [0.2, 0.25) is 0 Å². The van der Waals surface area contributed by atoms with E-state index in [4.69, 9.17) is 10.00 Å². The number of nitrogens with zero attached hydrogens (tertiary/aromatic N) is 4. The zero-order chi connectivity index (χ0) is 25.7. The monoisotopic (exact) mass is 521 g/mol. The summed E-state index contributed by atoms with van der Waals surface area (Å²) >= 11 is 4.43. The Labute approximate surface area is 212 Å². The van der Waals surface area contributed by atoms with Crippen LogP contribution in [0.2, 0.25) is 0 Å². The first-order chi connectivity index (χ1) is 17.3. The van der Waals surface area contributed by atoms with E-state index in [-0.39, 0.29) is 12.4 Å². The number of thiol groups is 1. The number of nitro benzene ring substituents is 1. The lowest BCUT2D eigenvalue weighted by atomic mass is 10.0. The Balaban J connectivity index is 1.75. The number of ether oxygens (including phenoxy) is 1. The van der Waals surface area contributed by atoms with E-state index in [9.17, 15) is 18.5 Å². The van der Waals surface area contributed by atoms with Gasteiger partial charge in [-0.25, -0.2) is 12.5 Å². The lowest BCUT2D eigenvalue weighted by Gasteiger charge is -2.10. The van der Waals surface area contributed by atoms with E-state index in [2.05, 4.69) is 22.6 Å². The molecule has 0 saturated heterocycles. The second-order valence-electron chi connectivity index (χ2n) is 7.52. The Morgan fingerprint density at radius 2 is 1.72 bits per heavy atom. The maximum absolute atomic E-state index is 13.2. The number of nitriles is 1. The van der Waals surface area contributed by atoms with Gasteiger partial charge in [0, 0.05) is 18.1 Å². The van der Waals surface area contributed by atoms with E-state index in [0.717, 1.165) is 17.7 Å². The summed E-state index contributed by atoms with van der Waals surface area (Å²) in [5, 5.41) is 24.4. The highest BCUT2D eigenvalue weighted by molar-refractivity contribution is 7.92. The maximum Gasteiger partial charge on any atom is 0.289 e. The Bertz CT molecular complexity index is 1550. The van der Waals surface area contributed by atoms with Crippen LogP contribution in [0.4, 0.5) is 11.5 Å². The van der Waals surface area contributed by atoms with Crippen LogP contribution < -0.4 is 9.46 Å². The average Bonchev–Trinajstić information content (AvgIpc) is 3.17. The number of aromatic nitrogens is 2. The van der Waals surface area contributed by atoms with E-state index in [1.165, 1.54) is 16.2 Å². The summed E-state index contributed by atoms with van der Waals surface area (Å²) in [5.74, 6) is 0.527. The molecule has 4 aromatic rings. The van der Waals surface area contributed by atoms with Gasteiger partial charge in [-0.1, -0.05) is 54.6 Å². The summed E-state index contributed by atoms with van der Waals surface area (Å²) in [7, 11) is -4.35. The lowest BCUT2D eigenvalue weighted by Crippen LogP contribution is -2.15. The minimum atomic E-state index is -4.35. The van der Waals surface area contributed by atoms with Crippen LogP contribution in [0.25, 0.3) is 11.1 Å². The fourth-order valence-corrected chi connectivity index (χ4v) is 5.05. The summed E-state index contributed by atoms with van der Waals surface area (Å²) < 4.78 is 35.3. The van der Waals surface area contributed by atoms with E-state index >= 15 is 0 Å². The highest BCUT2D eigenvalue weighted by atomic mass is 32.2. The van der Waals surface area contributed by atoms with Gasteiger partial charge in [-0.05, 0) is 42.1 Å². The molecular weight excluding hydrogens is 502 g/mol. The molecule has 0 amide bonds. The smallest absolute Gasteiger partial charge is 0.289 e. The highest BCUT2D eigenvalue weighted by Gasteiger charge is 2.28. The molecule has 0 radical (unpaired) electrons. The van der Waals surface area contributed by atoms with Crippen LogP contribution >= 0.6 is 12.8 Å². The number of hydrogen-bond donors (Lipinski definition) is 2. The first-order valence-electron chi connectivity index (χ1n) is 10.5. The number of rotatable bonds is 9. The predicted octanol–water partition coefficient (Wildman–Crippen LogP) is 4.45. The zero-order valence-electron chi connectivity index (χ0n) is 18.6. The molecule has 36 heavy (non-hydrogen) atoms. The summed E-state index contributed by atoms with van der Waals surface area (Å²) in [4.78, 5) is 10.2. The number of nitrogens with one attached hydrogen (secondary N) is 1. The standard InChI is InChI=1S/C24H19N5O5S2/c25-14-15-34-19-12-10-17(11-13-19)16-21-23(18-6-2-1-3-7-18)24(26-28(21)35)27-36(32,33)22-9-5-4-8-20(22)29(30)31/h1-13,35H,15-16H2,(H,26,27). The first kappa shape index (κ1) is 24.8. The van der Waals surface area contributed by atoms with E-state index in [1.54, 1.807) is 36.4 Å². The second kappa shape index (κ2) is 10.5. The van der Waals surface area contributed by atoms with Crippen molar-refractivity contribution in [1.29, 1.82) is 5.26 Å². The topological polar surface area (TPSA) is 140 Å². The molecule has 0 aliphatic carbocycles. The molecule has 3 aromatic carbocycles. The third-order valence-electron chi connectivity index (χ3n) is 5.20. The van der Waals surface area contributed by atoms with Crippen LogP contribution in [0, 0.1) is 21.4 Å². The highest BCUT2D eigenvalue weighted by Crippen LogP contribution is 2.35. The van der Waals surface area contributed by atoms with E-state index in [0.29, 0.717) is 29.0 Å². The van der Waals surface area contributed by atoms with Gasteiger partial charge in [-0.2, -0.15) is 5.26 Å².